The van der Waals surface area contributed by atoms with E-state index in [4.69, 9.17) is 9.84 Å². The van der Waals surface area contributed by atoms with Crippen LogP contribution in [0.25, 0.3) is 0 Å². The summed E-state index contributed by atoms with van der Waals surface area (Å²) in [6.45, 7) is 1.72. The Morgan fingerprint density at radius 2 is 2.22 bits per heavy atom. The quantitative estimate of drug-likeness (QED) is 0.888. The van der Waals surface area contributed by atoms with E-state index in [-0.39, 0.29) is 18.3 Å². The summed E-state index contributed by atoms with van der Waals surface area (Å²) in [5.74, 6) is -0.0609. The van der Waals surface area contributed by atoms with Gasteiger partial charge in [-0.15, -0.1) is 0 Å². The Kier molecular flexibility index (Phi) is 3.65. The minimum atomic E-state index is -0.879. The minimum Gasteiger partial charge on any atom is -0.490 e. The molecule has 0 fully saturated rings. The number of carboxylic acid groups (broad SMARTS) is 1. The molecule has 1 aliphatic carbocycles. The monoisotopic (exact) mass is 248 g/mol. The first kappa shape index (κ1) is 12.6. The van der Waals surface area contributed by atoms with Crippen molar-refractivity contribution in [2.45, 2.75) is 38.7 Å². The number of hydrogen-bond acceptors (Lipinski definition) is 3. The maximum Gasteiger partial charge on any atom is 0.307 e. The van der Waals surface area contributed by atoms with Crippen molar-refractivity contribution in [2.75, 3.05) is 0 Å². The number of ketones is 1. The number of carboxylic acids is 1. The molecule has 1 unspecified atom stereocenters. The molecule has 1 aromatic rings. The Balaban J connectivity index is 2.11. The fraction of sp³-hybridized carbons (Fsp3) is 0.429. The number of Topliss-reactive ketones (excluding diaryl/α,β-unsaturated/α-hetero) is 1. The molecule has 96 valence electrons. The van der Waals surface area contributed by atoms with Crippen LogP contribution < -0.4 is 4.74 Å². The van der Waals surface area contributed by atoms with Crippen molar-refractivity contribution in [1.82, 2.24) is 0 Å². The van der Waals surface area contributed by atoms with Gasteiger partial charge in [0.2, 0.25) is 0 Å². The van der Waals surface area contributed by atoms with Gasteiger partial charge in [-0.05, 0) is 43.5 Å². The summed E-state index contributed by atoms with van der Waals surface area (Å²) >= 11 is 0. The minimum absolute atomic E-state index is 0.0317. The van der Waals surface area contributed by atoms with Gasteiger partial charge in [-0.3, -0.25) is 9.59 Å². The zero-order chi connectivity index (χ0) is 13.1. The molecule has 0 saturated heterocycles. The maximum absolute atomic E-state index is 11.6. The predicted octanol–water partition coefficient (Wildman–Crippen LogP) is 2.45. The van der Waals surface area contributed by atoms with Crippen molar-refractivity contribution in [3.63, 3.8) is 0 Å². The first-order valence-corrected chi connectivity index (χ1v) is 6.11. The normalized spacial score (nSPS) is 15.9. The standard InChI is InChI=1S/C14H16O4/c1-9(7-14(16)17)18-11-5-6-12-10(8-11)3-2-4-13(12)15/h5-6,8-9H,2-4,7H2,1H3,(H,16,17). The molecule has 0 saturated carbocycles. The fourth-order valence-electron chi connectivity index (χ4n) is 2.22. The highest BCUT2D eigenvalue weighted by atomic mass is 16.5. The molecule has 1 aliphatic rings. The molecule has 4 nitrogen and oxygen atoms in total. The Bertz CT molecular complexity index is 479. The highest BCUT2D eigenvalue weighted by Gasteiger charge is 2.18. The first-order chi connectivity index (χ1) is 8.56. The van der Waals surface area contributed by atoms with Crippen LogP contribution >= 0.6 is 0 Å². The largest absolute Gasteiger partial charge is 0.490 e. The molecule has 0 heterocycles. The lowest BCUT2D eigenvalue weighted by molar-refractivity contribution is -0.138. The Hall–Kier alpha value is -1.84. The highest BCUT2D eigenvalue weighted by Crippen LogP contribution is 2.26. The summed E-state index contributed by atoms with van der Waals surface area (Å²) in [6.07, 6.45) is 1.96. The topological polar surface area (TPSA) is 63.6 Å². The van der Waals surface area contributed by atoms with E-state index in [0.29, 0.717) is 12.2 Å². The van der Waals surface area contributed by atoms with Gasteiger partial charge in [-0.1, -0.05) is 0 Å². The molecule has 0 aromatic heterocycles. The lowest BCUT2D eigenvalue weighted by Gasteiger charge is -2.18. The van der Waals surface area contributed by atoms with E-state index in [1.165, 1.54) is 0 Å². The summed E-state index contributed by atoms with van der Waals surface area (Å²) in [5.41, 5.74) is 1.78. The van der Waals surface area contributed by atoms with Crippen molar-refractivity contribution in [2.24, 2.45) is 0 Å². The van der Waals surface area contributed by atoms with Crippen molar-refractivity contribution < 1.29 is 19.4 Å². The number of carbonyl (C=O) groups excluding carboxylic acids is 1. The van der Waals surface area contributed by atoms with Gasteiger partial charge in [-0.2, -0.15) is 0 Å². The van der Waals surface area contributed by atoms with E-state index in [9.17, 15) is 9.59 Å². The molecule has 1 atom stereocenters. The molecule has 18 heavy (non-hydrogen) atoms. The van der Waals surface area contributed by atoms with Crippen LogP contribution in [0.5, 0.6) is 5.75 Å². The van der Waals surface area contributed by atoms with Gasteiger partial charge in [-0.25, -0.2) is 0 Å². The molecule has 1 aromatic carbocycles. The Morgan fingerprint density at radius 3 is 2.94 bits per heavy atom. The van der Waals surface area contributed by atoms with Gasteiger partial charge < -0.3 is 9.84 Å². The maximum atomic E-state index is 11.6. The van der Waals surface area contributed by atoms with E-state index >= 15 is 0 Å². The second kappa shape index (κ2) is 5.21. The summed E-state index contributed by atoms with van der Waals surface area (Å²) in [4.78, 5) is 22.2. The van der Waals surface area contributed by atoms with Gasteiger partial charge in [0.05, 0.1) is 6.42 Å². The van der Waals surface area contributed by atoms with Crippen molar-refractivity contribution in [1.29, 1.82) is 0 Å². The first-order valence-electron chi connectivity index (χ1n) is 6.11. The lowest BCUT2D eigenvalue weighted by Crippen LogP contribution is -2.17. The van der Waals surface area contributed by atoms with Crippen molar-refractivity contribution in [3.8, 4) is 5.75 Å². The van der Waals surface area contributed by atoms with Crippen molar-refractivity contribution >= 4 is 11.8 Å². The number of carbonyl (C=O) groups is 2. The summed E-state index contributed by atoms with van der Waals surface area (Å²) in [6, 6.07) is 5.37. The molecule has 2 rings (SSSR count). The molecule has 0 aliphatic heterocycles. The van der Waals surface area contributed by atoms with Crippen LogP contribution in [0.2, 0.25) is 0 Å². The van der Waals surface area contributed by atoms with Crippen LogP contribution in [0.4, 0.5) is 0 Å². The van der Waals surface area contributed by atoms with Crippen LogP contribution in [0.3, 0.4) is 0 Å². The number of aryl methyl sites for hydroxylation is 1. The fourth-order valence-corrected chi connectivity index (χ4v) is 2.22. The molecule has 0 radical (unpaired) electrons. The third kappa shape index (κ3) is 2.88. The highest BCUT2D eigenvalue weighted by molar-refractivity contribution is 5.98. The third-order valence-electron chi connectivity index (χ3n) is 3.03. The average Bonchev–Trinajstić information content (AvgIpc) is 2.27. The molecule has 1 N–H and O–H groups in total. The number of fused-ring (bicyclic) bond motifs is 1. The second-order valence-electron chi connectivity index (χ2n) is 4.62. The molecule has 0 bridgehead atoms. The van der Waals surface area contributed by atoms with E-state index in [0.717, 1.165) is 24.0 Å². The number of benzene rings is 1. The average molecular weight is 248 g/mol. The zero-order valence-electron chi connectivity index (χ0n) is 10.3. The summed E-state index contributed by atoms with van der Waals surface area (Å²) < 4.78 is 5.53. The van der Waals surface area contributed by atoms with Crippen LogP contribution in [-0.2, 0) is 11.2 Å². The summed E-state index contributed by atoms with van der Waals surface area (Å²) in [5, 5.41) is 8.66. The zero-order valence-corrected chi connectivity index (χ0v) is 10.3. The number of hydrogen-bond donors (Lipinski definition) is 1. The lowest BCUT2D eigenvalue weighted by atomic mass is 9.90. The molecule has 0 amide bonds. The number of ether oxygens (including phenoxy) is 1. The van der Waals surface area contributed by atoms with E-state index in [1.807, 2.05) is 6.07 Å². The van der Waals surface area contributed by atoms with Crippen LogP contribution in [-0.4, -0.2) is 23.0 Å². The van der Waals surface area contributed by atoms with Crippen LogP contribution in [0, 0.1) is 0 Å². The van der Waals surface area contributed by atoms with Crippen LogP contribution in [0.15, 0.2) is 18.2 Å². The Morgan fingerprint density at radius 1 is 1.44 bits per heavy atom. The molecular weight excluding hydrogens is 232 g/mol. The van der Waals surface area contributed by atoms with Gasteiger partial charge in [0.15, 0.2) is 5.78 Å². The summed E-state index contributed by atoms with van der Waals surface area (Å²) in [7, 11) is 0. The van der Waals surface area contributed by atoms with E-state index in [2.05, 4.69) is 0 Å². The molecule has 0 spiro atoms. The molecular formula is C14H16O4. The van der Waals surface area contributed by atoms with Gasteiger partial charge >= 0.3 is 5.97 Å². The number of rotatable bonds is 4. The smallest absolute Gasteiger partial charge is 0.307 e. The van der Waals surface area contributed by atoms with Crippen molar-refractivity contribution in [3.05, 3.63) is 29.3 Å². The van der Waals surface area contributed by atoms with E-state index in [1.54, 1.807) is 19.1 Å². The van der Waals surface area contributed by atoms with Gasteiger partial charge in [0.25, 0.3) is 0 Å². The van der Waals surface area contributed by atoms with E-state index < -0.39 is 5.97 Å². The third-order valence-corrected chi connectivity index (χ3v) is 3.03. The molecule has 4 heteroatoms. The Labute approximate surface area is 106 Å². The second-order valence-corrected chi connectivity index (χ2v) is 4.62. The van der Waals surface area contributed by atoms with Gasteiger partial charge in [0, 0.05) is 12.0 Å². The van der Waals surface area contributed by atoms with Crippen LogP contribution in [0.1, 0.15) is 42.1 Å². The predicted molar refractivity (Wildman–Crippen MR) is 66.1 cm³/mol. The number of aliphatic carboxylic acids is 1. The van der Waals surface area contributed by atoms with Gasteiger partial charge in [0.1, 0.15) is 11.9 Å². The SMILES string of the molecule is CC(CC(=O)O)Oc1ccc2c(c1)CCCC2=O.